The average Bonchev–Trinajstić information content (AvgIpc) is 3.00. The first-order valence-electron chi connectivity index (χ1n) is 7.82. The normalized spacial score (nSPS) is 17.8. The highest BCUT2D eigenvalue weighted by atomic mass is 32.2. The van der Waals surface area contributed by atoms with Crippen molar-refractivity contribution in [1.82, 2.24) is 4.90 Å². The highest BCUT2D eigenvalue weighted by Gasteiger charge is 2.36. The summed E-state index contributed by atoms with van der Waals surface area (Å²) in [7, 11) is 0. The number of rotatable bonds is 5. The number of thioether (sulfide) groups is 1. The van der Waals surface area contributed by atoms with Crippen LogP contribution in [0.3, 0.4) is 0 Å². The monoisotopic (exact) mass is 320 g/mol. The summed E-state index contributed by atoms with van der Waals surface area (Å²) in [5, 5.41) is 2.92. The zero-order valence-corrected chi connectivity index (χ0v) is 14.3. The van der Waals surface area contributed by atoms with Gasteiger partial charge in [-0.25, -0.2) is 0 Å². The molecule has 1 aromatic carbocycles. The van der Waals surface area contributed by atoms with Gasteiger partial charge in [0.05, 0.1) is 5.88 Å². The van der Waals surface area contributed by atoms with Gasteiger partial charge in [-0.1, -0.05) is 31.5 Å². The third-order valence-electron chi connectivity index (χ3n) is 4.12. The first kappa shape index (κ1) is 16.9. The van der Waals surface area contributed by atoms with Crippen LogP contribution in [-0.2, 0) is 9.59 Å². The van der Waals surface area contributed by atoms with Crippen LogP contribution in [0.5, 0.6) is 0 Å². The molecule has 1 fully saturated rings. The SMILES string of the molecule is CCC(CC)C(=O)N1CSCC1C(=O)Nc1ccc(C)cc1. The molecule has 0 aromatic heterocycles. The van der Waals surface area contributed by atoms with Crippen molar-refractivity contribution in [3.63, 3.8) is 0 Å². The molecule has 0 spiro atoms. The summed E-state index contributed by atoms with van der Waals surface area (Å²) in [6.45, 7) is 6.06. The number of anilines is 1. The van der Waals surface area contributed by atoms with E-state index in [1.54, 1.807) is 16.7 Å². The molecule has 0 saturated carbocycles. The van der Waals surface area contributed by atoms with Gasteiger partial charge in [-0.3, -0.25) is 9.59 Å². The fraction of sp³-hybridized carbons (Fsp3) is 0.529. The van der Waals surface area contributed by atoms with Crippen LogP contribution < -0.4 is 5.32 Å². The van der Waals surface area contributed by atoms with Crippen LogP contribution in [-0.4, -0.2) is 34.4 Å². The molecule has 1 aromatic rings. The Morgan fingerprint density at radius 2 is 1.91 bits per heavy atom. The van der Waals surface area contributed by atoms with Crippen LogP contribution in [0.4, 0.5) is 5.69 Å². The largest absolute Gasteiger partial charge is 0.324 e. The third-order valence-corrected chi connectivity index (χ3v) is 5.13. The molecule has 2 rings (SSSR count). The van der Waals surface area contributed by atoms with Crippen molar-refractivity contribution in [3.8, 4) is 0 Å². The van der Waals surface area contributed by atoms with E-state index >= 15 is 0 Å². The van der Waals surface area contributed by atoms with E-state index in [1.165, 1.54) is 0 Å². The first-order valence-corrected chi connectivity index (χ1v) is 8.98. The van der Waals surface area contributed by atoms with Crippen LogP contribution in [0.2, 0.25) is 0 Å². The van der Waals surface area contributed by atoms with Gasteiger partial charge in [-0.05, 0) is 31.9 Å². The van der Waals surface area contributed by atoms with Crippen molar-refractivity contribution in [2.24, 2.45) is 5.92 Å². The Morgan fingerprint density at radius 3 is 2.50 bits per heavy atom. The predicted octanol–water partition coefficient (Wildman–Crippen LogP) is 3.27. The topological polar surface area (TPSA) is 49.4 Å². The number of aryl methyl sites for hydroxylation is 1. The highest BCUT2D eigenvalue weighted by molar-refractivity contribution is 7.99. The van der Waals surface area contributed by atoms with E-state index < -0.39 is 0 Å². The Hall–Kier alpha value is -1.49. The van der Waals surface area contributed by atoms with Crippen molar-refractivity contribution in [2.45, 2.75) is 39.7 Å². The molecule has 1 saturated heterocycles. The van der Waals surface area contributed by atoms with Gasteiger partial charge in [0.15, 0.2) is 0 Å². The number of hydrogen-bond donors (Lipinski definition) is 1. The van der Waals surface area contributed by atoms with Gasteiger partial charge in [0, 0.05) is 17.4 Å². The zero-order chi connectivity index (χ0) is 16.1. The molecule has 1 aliphatic heterocycles. The lowest BCUT2D eigenvalue weighted by Crippen LogP contribution is -2.46. The second-order valence-electron chi connectivity index (χ2n) is 5.69. The molecular formula is C17H24N2O2S. The minimum absolute atomic E-state index is 0.0216. The predicted molar refractivity (Wildman–Crippen MR) is 91.8 cm³/mol. The minimum Gasteiger partial charge on any atom is -0.324 e. The molecule has 1 heterocycles. The summed E-state index contributed by atoms with van der Waals surface area (Å²) >= 11 is 1.64. The summed E-state index contributed by atoms with van der Waals surface area (Å²) < 4.78 is 0. The Kier molecular flexibility index (Phi) is 5.89. The van der Waals surface area contributed by atoms with E-state index in [0.717, 1.165) is 24.1 Å². The molecule has 1 aliphatic rings. The smallest absolute Gasteiger partial charge is 0.248 e. The molecule has 1 unspecified atom stereocenters. The summed E-state index contributed by atoms with van der Waals surface area (Å²) in [5.41, 5.74) is 1.93. The van der Waals surface area contributed by atoms with Crippen molar-refractivity contribution >= 4 is 29.3 Å². The molecule has 4 nitrogen and oxygen atoms in total. The van der Waals surface area contributed by atoms with E-state index in [4.69, 9.17) is 0 Å². The number of nitrogens with one attached hydrogen (secondary N) is 1. The van der Waals surface area contributed by atoms with Crippen LogP contribution in [0.15, 0.2) is 24.3 Å². The lowest BCUT2D eigenvalue weighted by molar-refractivity contribution is -0.139. The van der Waals surface area contributed by atoms with E-state index in [9.17, 15) is 9.59 Å². The van der Waals surface area contributed by atoms with E-state index in [-0.39, 0.29) is 23.8 Å². The van der Waals surface area contributed by atoms with E-state index in [2.05, 4.69) is 5.32 Å². The molecule has 22 heavy (non-hydrogen) atoms. The number of hydrogen-bond acceptors (Lipinski definition) is 3. The first-order chi connectivity index (χ1) is 10.6. The Morgan fingerprint density at radius 1 is 1.27 bits per heavy atom. The summed E-state index contributed by atoms with van der Waals surface area (Å²) in [4.78, 5) is 26.8. The van der Waals surface area contributed by atoms with Crippen LogP contribution in [0.25, 0.3) is 0 Å². The van der Waals surface area contributed by atoms with Gasteiger partial charge in [0.2, 0.25) is 11.8 Å². The molecule has 1 N–H and O–H groups in total. The lowest BCUT2D eigenvalue weighted by atomic mass is 10.0. The number of nitrogens with zero attached hydrogens (tertiary/aromatic N) is 1. The number of carbonyl (C=O) groups excluding carboxylic acids is 2. The van der Waals surface area contributed by atoms with Gasteiger partial charge in [0.1, 0.15) is 6.04 Å². The molecule has 0 bridgehead atoms. The Bertz CT molecular complexity index is 526. The summed E-state index contributed by atoms with van der Waals surface area (Å²) in [6.07, 6.45) is 1.64. The summed E-state index contributed by atoms with van der Waals surface area (Å²) in [6, 6.07) is 7.35. The summed E-state index contributed by atoms with van der Waals surface area (Å²) in [5.74, 6) is 1.32. The van der Waals surface area contributed by atoms with Gasteiger partial charge >= 0.3 is 0 Å². The van der Waals surface area contributed by atoms with Crippen molar-refractivity contribution < 1.29 is 9.59 Å². The number of carbonyl (C=O) groups is 2. The van der Waals surface area contributed by atoms with E-state index in [1.807, 2.05) is 45.0 Å². The van der Waals surface area contributed by atoms with Crippen molar-refractivity contribution in [1.29, 1.82) is 0 Å². The van der Waals surface area contributed by atoms with Crippen molar-refractivity contribution in [3.05, 3.63) is 29.8 Å². The maximum atomic E-state index is 12.6. The van der Waals surface area contributed by atoms with Gasteiger partial charge in [-0.2, -0.15) is 0 Å². The Labute approximate surface area is 136 Å². The quantitative estimate of drug-likeness (QED) is 0.906. The average molecular weight is 320 g/mol. The molecule has 1 atom stereocenters. The van der Waals surface area contributed by atoms with Crippen molar-refractivity contribution in [2.75, 3.05) is 16.9 Å². The minimum atomic E-state index is -0.362. The molecule has 0 radical (unpaired) electrons. The molecule has 2 amide bonds. The third kappa shape index (κ3) is 3.83. The fourth-order valence-electron chi connectivity index (χ4n) is 2.61. The van der Waals surface area contributed by atoms with Crippen LogP contribution in [0.1, 0.15) is 32.3 Å². The molecule has 120 valence electrons. The molecular weight excluding hydrogens is 296 g/mol. The fourth-order valence-corrected chi connectivity index (χ4v) is 3.78. The van der Waals surface area contributed by atoms with E-state index in [0.29, 0.717) is 11.6 Å². The maximum absolute atomic E-state index is 12.6. The van der Waals surface area contributed by atoms with Gasteiger partial charge in [0.25, 0.3) is 0 Å². The number of amides is 2. The van der Waals surface area contributed by atoms with Gasteiger partial charge in [-0.15, -0.1) is 11.8 Å². The maximum Gasteiger partial charge on any atom is 0.248 e. The standard InChI is InChI=1S/C17H24N2O2S/c1-4-13(5-2)17(21)19-11-22-10-15(19)16(20)18-14-8-6-12(3)7-9-14/h6-9,13,15H,4-5,10-11H2,1-3H3,(H,18,20). The lowest BCUT2D eigenvalue weighted by Gasteiger charge is -2.26. The second-order valence-corrected chi connectivity index (χ2v) is 6.69. The zero-order valence-electron chi connectivity index (χ0n) is 13.5. The molecule has 5 heteroatoms. The second kappa shape index (κ2) is 7.68. The highest BCUT2D eigenvalue weighted by Crippen LogP contribution is 2.26. The number of benzene rings is 1. The van der Waals surface area contributed by atoms with Crippen LogP contribution >= 0.6 is 11.8 Å². The molecule has 0 aliphatic carbocycles. The Balaban J connectivity index is 2.04. The van der Waals surface area contributed by atoms with Gasteiger partial charge < -0.3 is 10.2 Å². The van der Waals surface area contributed by atoms with Crippen LogP contribution in [0, 0.1) is 12.8 Å².